The average molecular weight is 438 g/mol. The largest absolute Gasteiger partial charge is 0.647 e. The average Bonchev–Trinajstić information content (AvgIpc) is 2.64. The zero-order valence-corrected chi connectivity index (χ0v) is 17.1. The molecule has 0 aliphatic rings. The van der Waals surface area contributed by atoms with Gasteiger partial charge in [0.15, 0.2) is 0 Å². The van der Waals surface area contributed by atoms with Crippen molar-refractivity contribution in [2.75, 3.05) is 0 Å². The van der Waals surface area contributed by atoms with E-state index in [4.69, 9.17) is 32.8 Å². The van der Waals surface area contributed by atoms with Crippen molar-refractivity contribution in [1.29, 1.82) is 0 Å². The Morgan fingerprint density at radius 1 is 0.586 bits per heavy atom. The maximum absolute atomic E-state index is 13.1. The molecule has 3 N–H and O–H groups in total. The highest BCUT2D eigenvalue weighted by atomic mass is 31.2. The number of para-hydroxylation sites is 2. The molecule has 0 fully saturated rings. The zero-order chi connectivity index (χ0) is 21.3. The monoisotopic (exact) mass is 438 g/mol. The summed E-state index contributed by atoms with van der Waals surface area (Å²) in [6.07, 6.45) is 0. The standard InChI is InChI=1S/C19H17O4P.H3O4P/c1-16-12-14-19(15-13-16)23-24(20,21-17-8-4-2-5-9-17)22-18-10-6-3-7-11-18;1-5(2,3)4/h2-15H,1H3;(H3,1,2,3,4). The first kappa shape index (κ1) is 22.7. The Balaban J connectivity index is 0.000000537. The second-order valence-electron chi connectivity index (χ2n) is 5.67. The zero-order valence-electron chi connectivity index (χ0n) is 15.4. The van der Waals surface area contributed by atoms with Crippen LogP contribution in [0.15, 0.2) is 84.9 Å². The lowest BCUT2D eigenvalue weighted by Crippen LogP contribution is -2.07. The molecule has 0 spiro atoms. The Hall–Kier alpha value is -2.60. The molecule has 0 radical (unpaired) electrons. The lowest BCUT2D eigenvalue weighted by molar-refractivity contribution is 0.275. The fraction of sp³-hybridized carbons (Fsp3) is 0.0526. The maximum atomic E-state index is 13.1. The summed E-state index contributed by atoms with van der Waals surface area (Å²) >= 11 is 0. The number of phosphoric acid groups is 2. The lowest BCUT2D eigenvalue weighted by Gasteiger charge is -2.19. The summed E-state index contributed by atoms with van der Waals surface area (Å²) in [4.78, 5) is 21.6. The molecule has 0 amide bonds. The smallest absolute Gasteiger partial charge is 0.386 e. The topological polar surface area (TPSA) is 123 Å². The van der Waals surface area contributed by atoms with E-state index in [1.807, 2.05) is 31.2 Å². The normalized spacial score (nSPS) is 11.0. The predicted molar refractivity (Wildman–Crippen MR) is 108 cm³/mol. The molecule has 3 rings (SSSR count). The highest BCUT2D eigenvalue weighted by Gasteiger charge is 2.33. The highest BCUT2D eigenvalue weighted by molar-refractivity contribution is 7.49. The van der Waals surface area contributed by atoms with Crippen LogP contribution in [0.1, 0.15) is 5.56 Å². The number of aryl methyl sites for hydroxylation is 1. The first-order valence-electron chi connectivity index (χ1n) is 8.27. The molecular weight excluding hydrogens is 418 g/mol. The molecular formula is C19H20O8P2. The third-order valence-electron chi connectivity index (χ3n) is 3.16. The van der Waals surface area contributed by atoms with Crippen molar-refractivity contribution in [3.05, 3.63) is 90.5 Å². The molecule has 10 heteroatoms. The second-order valence-corrected chi connectivity index (χ2v) is 8.14. The summed E-state index contributed by atoms with van der Waals surface area (Å²) in [5.74, 6) is 1.23. The highest BCUT2D eigenvalue weighted by Crippen LogP contribution is 2.49. The van der Waals surface area contributed by atoms with Gasteiger partial charge in [-0.25, -0.2) is 4.57 Å². The number of hydrogen-bond acceptors (Lipinski definition) is 5. The third-order valence-corrected chi connectivity index (χ3v) is 4.46. The molecule has 29 heavy (non-hydrogen) atoms. The van der Waals surface area contributed by atoms with Crippen molar-refractivity contribution in [2.24, 2.45) is 0 Å². The van der Waals surface area contributed by atoms with Gasteiger partial charge in [0.1, 0.15) is 17.2 Å². The molecule has 0 saturated heterocycles. The van der Waals surface area contributed by atoms with Gasteiger partial charge in [-0.05, 0) is 43.3 Å². The van der Waals surface area contributed by atoms with Gasteiger partial charge >= 0.3 is 15.6 Å². The van der Waals surface area contributed by atoms with Crippen LogP contribution in [0, 0.1) is 6.92 Å². The van der Waals surface area contributed by atoms with E-state index >= 15 is 0 Å². The molecule has 8 nitrogen and oxygen atoms in total. The van der Waals surface area contributed by atoms with E-state index < -0.39 is 15.6 Å². The summed E-state index contributed by atoms with van der Waals surface area (Å²) in [6.45, 7) is 1.96. The summed E-state index contributed by atoms with van der Waals surface area (Å²) in [7, 11) is -8.54. The molecule has 3 aromatic rings. The van der Waals surface area contributed by atoms with E-state index in [-0.39, 0.29) is 0 Å². The minimum Gasteiger partial charge on any atom is -0.386 e. The van der Waals surface area contributed by atoms with Gasteiger partial charge in [0.25, 0.3) is 0 Å². The quantitative estimate of drug-likeness (QED) is 0.473. The van der Waals surface area contributed by atoms with E-state index in [1.165, 1.54) is 0 Å². The SMILES string of the molecule is Cc1ccc(OP(=O)(Oc2ccccc2)Oc2ccccc2)cc1.O=P(O)(O)O. The van der Waals surface area contributed by atoms with Gasteiger partial charge in [-0.15, -0.1) is 0 Å². The molecule has 0 atom stereocenters. The maximum Gasteiger partial charge on any atom is 0.647 e. The first-order valence-corrected chi connectivity index (χ1v) is 11.3. The predicted octanol–water partition coefficient (Wildman–Crippen LogP) is 4.71. The van der Waals surface area contributed by atoms with E-state index in [0.29, 0.717) is 17.2 Å². The van der Waals surface area contributed by atoms with E-state index in [0.717, 1.165) is 5.56 Å². The summed E-state index contributed by atoms with van der Waals surface area (Å²) in [5.41, 5.74) is 1.07. The van der Waals surface area contributed by atoms with Crippen LogP contribution in [-0.4, -0.2) is 14.7 Å². The van der Waals surface area contributed by atoms with E-state index in [2.05, 4.69) is 0 Å². The van der Waals surface area contributed by atoms with Crippen molar-refractivity contribution >= 4 is 15.6 Å². The third kappa shape index (κ3) is 9.43. The van der Waals surface area contributed by atoms with Crippen molar-refractivity contribution < 1.29 is 37.4 Å². The van der Waals surface area contributed by atoms with Crippen molar-refractivity contribution in [3.63, 3.8) is 0 Å². The number of benzene rings is 3. The van der Waals surface area contributed by atoms with Crippen LogP contribution in [-0.2, 0) is 9.13 Å². The molecule has 0 aliphatic heterocycles. The molecule has 0 unspecified atom stereocenters. The van der Waals surface area contributed by atoms with Crippen LogP contribution in [0.25, 0.3) is 0 Å². The van der Waals surface area contributed by atoms with Gasteiger partial charge in [0.05, 0.1) is 0 Å². The minimum atomic E-state index is -4.64. The Labute approximate surface area is 168 Å². The Kier molecular flexibility index (Phi) is 8.02. The molecule has 0 aliphatic carbocycles. The van der Waals surface area contributed by atoms with Gasteiger partial charge in [-0.3, -0.25) is 0 Å². The van der Waals surface area contributed by atoms with E-state index in [9.17, 15) is 4.57 Å². The number of rotatable bonds is 6. The Bertz CT molecular complexity index is 918. The fourth-order valence-corrected chi connectivity index (χ4v) is 3.26. The lowest BCUT2D eigenvalue weighted by atomic mass is 10.2. The van der Waals surface area contributed by atoms with Crippen molar-refractivity contribution in [2.45, 2.75) is 6.92 Å². The van der Waals surface area contributed by atoms with Crippen LogP contribution in [0.4, 0.5) is 0 Å². The Morgan fingerprint density at radius 3 is 1.24 bits per heavy atom. The molecule has 0 aromatic heterocycles. The molecule has 0 saturated carbocycles. The molecule has 0 bridgehead atoms. The van der Waals surface area contributed by atoms with Gasteiger partial charge in [0, 0.05) is 0 Å². The molecule has 0 heterocycles. The molecule has 154 valence electrons. The Morgan fingerprint density at radius 2 is 0.897 bits per heavy atom. The van der Waals surface area contributed by atoms with Crippen LogP contribution in [0.2, 0.25) is 0 Å². The summed E-state index contributed by atoms with van der Waals surface area (Å²) in [6, 6.07) is 24.8. The first-order chi connectivity index (χ1) is 13.6. The van der Waals surface area contributed by atoms with Gasteiger partial charge < -0.3 is 28.3 Å². The fourth-order valence-electron chi connectivity index (χ4n) is 2.01. The summed E-state index contributed by atoms with van der Waals surface area (Å²) < 4.78 is 38.7. The minimum absolute atomic E-state index is 0.406. The number of hydrogen-bond donors (Lipinski definition) is 3. The van der Waals surface area contributed by atoms with Crippen molar-refractivity contribution in [1.82, 2.24) is 0 Å². The van der Waals surface area contributed by atoms with Crippen LogP contribution >= 0.6 is 15.6 Å². The van der Waals surface area contributed by atoms with Gasteiger partial charge in [-0.2, -0.15) is 4.57 Å². The number of phosphoric ester groups is 1. The summed E-state index contributed by atoms with van der Waals surface area (Å²) in [5, 5.41) is 0. The van der Waals surface area contributed by atoms with E-state index in [1.54, 1.807) is 60.7 Å². The molecule has 3 aromatic carbocycles. The van der Waals surface area contributed by atoms with Crippen LogP contribution in [0.5, 0.6) is 17.2 Å². The van der Waals surface area contributed by atoms with Crippen LogP contribution < -0.4 is 13.6 Å². The van der Waals surface area contributed by atoms with Crippen LogP contribution in [0.3, 0.4) is 0 Å². The second kappa shape index (κ2) is 10.3. The van der Waals surface area contributed by atoms with Gasteiger partial charge in [-0.1, -0.05) is 54.1 Å². The van der Waals surface area contributed by atoms with Crippen molar-refractivity contribution in [3.8, 4) is 17.2 Å². The van der Waals surface area contributed by atoms with Gasteiger partial charge in [0.2, 0.25) is 0 Å².